The van der Waals surface area contributed by atoms with Crippen molar-refractivity contribution in [1.82, 2.24) is 4.98 Å². The van der Waals surface area contributed by atoms with Gasteiger partial charge in [0.2, 0.25) is 0 Å². The smallest absolute Gasteiger partial charge is 0.0820 e. The molecule has 0 aliphatic rings. The fraction of sp³-hybridized carbons (Fsp3) is 0.355. The molecule has 0 radical (unpaired) electrons. The summed E-state index contributed by atoms with van der Waals surface area (Å²) in [6, 6.07) is 17.4. The van der Waals surface area contributed by atoms with E-state index in [-0.39, 0.29) is 0 Å². The van der Waals surface area contributed by atoms with Crippen LogP contribution in [0.15, 0.2) is 66.2 Å². The lowest BCUT2D eigenvalue weighted by molar-refractivity contribution is 0.835. The molecule has 2 aromatic carbocycles. The van der Waals surface area contributed by atoms with Gasteiger partial charge in [0.1, 0.15) is 0 Å². The van der Waals surface area contributed by atoms with Gasteiger partial charge in [0.15, 0.2) is 0 Å². The van der Waals surface area contributed by atoms with Crippen molar-refractivity contribution in [2.45, 2.75) is 72.6 Å². The molecule has 1 heterocycles. The van der Waals surface area contributed by atoms with Gasteiger partial charge in [0.05, 0.1) is 23.3 Å². The number of hydrogen-bond donors (Lipinski definition) is 0. The van der Waals surface area contributed by atoms with Crippen molar-refractivity contribution in [2.24, 2.45) is 4.99 Å². The molecule has 0 saturated heterocycles. The number of aryl methyl sites for hydroxylation is 3. The number of hydrogen-bond acceptors (Lipinski definition) is 2. The third-order valence-electron chi connectivity index (χ3n) is 6.25. The summed E-state index contributed by atoms with van der Waals surface area (Å²) in [6.45, 7) is 17.1. The van der Waals surface area contributed by atoms with Gasteiger partial charge in [-0.25, -0.2) is 4.98 Å². The second-order valence-corrected chi connectivity index (χ2v) is 9.57. The van der Waals surface area contributed by atoms with Crippen molar-refractivity contribution in [3.63, 3.8) is 0 Å². The molecule has 0 amide bonds. The largest absolute Gasteiger partial charge is 0.254 e. The van der Waals surface area contributed by atoms with E-state index in [2.05, 4.69) is 90.6 Å². The maximum atomic E-state index is 4.97. The highest BCUT2D eigenvalue weighted by atomic mass is 14.8. The molecule has 0 saturated carbocycles. The minimum atomic E-state index is 0.421. The van der Waals surface area contributed by atoms with Gasteiger partial charge in [-0.2, -0.15) is 0 Å². The number of aliphatic imine (C=N–C) groups is 1. The van der Waals surface area contributed by atoms with E-state index < -0.39 is 0 Å². The van der Waals surface area contributed by atoms with Crippen LogP contribution in [0.4, 0.5) is 5.69 Å². The lowest BCUT2D eigenvalue weighted by Crippen LogP contribution is -1.98. The first-order chi connectivity index (χ1) is 15.8. The van der Waals surface area contributed by atoms with E-state index >= 15 is 0 Å². The minimum absolute atomic E-state index is 0.421. The summed E-state index contributed by atoms with van der Waals surface area (Å²) in [6.07, 6.45) is 7.15. The van der Waals surface area contributed by atoms with E-state index in [0.717, 1.165) is 36.3 Å². The Morgan fingerprint density at radius 3 is 2.21 bits per heavy atom. The molecule has 0 aliphatic heterocycles. The summed E-state index contributed by atoms with van der Waals surface area (Å²) in [5, 5.41) is 0. The van der Waals surface area contributed by atoms with E-state index in [1.165, 1.54) is 33.4 Å². The zero-order chi connectivity index (χ0) is 24.0. The molecule has 2 heteroatoms. The molecular formula is C31H38N2. The number of pyridine rings is 1. The number of allylic oxidation sites excluding steroid dienone is 1. The van der Waals surface area contributed by atoms with Crippen molar-refractivity contribution < 1.29 is 0 Å². The van der Waals surface area contributed by atoms with E-state index in [9.17, 15) is 0 Å². The number of benzene rings is 2. The van der Waals surface area contributed by atoms with E-state index in [1.807, 2.05) is 18.4 Å². The van der Waals surface area contributed by atoms with Crippen LogP contribution < -0.4 is 0 Å². The number of rotatable bonds is 9. The molecule has 3 aromatic rings. The zero-order valence-corrected chi connectivity index (χ0v) is 21.2. The van der Waals surface area contributed by atoms with Gasteiger partial charge in [-0.05, 0) is 91.0 Å². The molecule has 0 unspecified atom stereocenters. The Labute approximate surface area is 200 Å². The topological polar surface area (TPSA) is 25.2 Å². The lowest BCUT2D eigenvalue weighted by atomic mass is 9.93. The van der Waals surface area contributed by atoms with Crippen LogP contribution in [0.5, 0.6) is 0 Å². The highest BCUT2D eigenvalue weighted by molar-refractivity contribution is 5.82. The number of unbranched alkanes of at least 4 members (excludes halogenated alkanes) is 1. The molecule has 0 N–H and O–H groups in total. The quantitative estimate of drug-likeness (QED) is 0.186. The Hall–Kier alpha value is -3.00. The lowest BCUT2D eigenvalue weighted by Gasteiger charge is -2.16. The fourth-order valence-corrected chi connectivity index (χ4v) is 4.34. The van der Waals surface area contributed by atoms with Crippen molar-refractivity contribution >= 4 is 11.9 Å². The van der Waals surface area contributed by atoms with Crippen molar-refractivity contribution in [1.29, 1.82) is 0 Å². The summed E-state index contributed by atoms with van der Waals surface area (Å²) in [7, 11) is 0. The molecule has 0 fully saturated rings. The second-order valence-electron chi connectivity index (χ2n) is 9.57. The average molecular weight is 439 g/mol. The summed E-state index contributed by atoms with van der Waals surface area (Å²) < 4.78 is 0. The molecule has 0 spiro atoms. The summed E-state index contributed by atoms with van der Waals surface area (Å²) in [5.41, 5.74) is 10.8. The summed E-state index contributed by atoms with van der Waals surface area (Å²) >= 11 is 0. The normalized spacial score (nSPS) is 11.6. The van der Waals surface area contributed by atoms with Crippen LogP contribution >= 0.6 is 0 Å². The summed E-state index contributed by atoms with van der Waals surface area (Å²) in [5.74, 6) is 0.842. The van der Waals surface area contributed by atoms with Crippen LogP contribution in [0.1, 0.15) is 85.9 Å². The molecule has 2 nitrogen and oxygen atoms in total. The van der Waals surface area contributed by atoms with Gasteiger partial charge in [0, 0.05) is 5.56 Å². The second kappa shape index (κ2) is 11.2. The van der Waals surface area contributed by atoms with Crippen LogP contribution in [-0.2, 0) is 6.42 Å². The molecule has 172 valence electrons. The third kappa shape index (κ3) is 6.07. The molecular weight excluding hydrogens is 400 g/mol. The van der Waals surface area contributed by atoms with Gasteiger partial charge >= 0.3 is 0 Å². The summed E-state index contributed by atoms with van der Waals surface area (Å²) in [4.78, 5) is 9.93. The Bertz CT molecular complexity index is 1110. The molecule has 33 heavy (non-hydrogen) atoms. The van der Waals surface area contributed by atoms with Gasteiger partial charge in [0.25, 0.3) is 0 Å². The Morgan fingerprint density at radius 1 is 0.909 bits per heavy atom. The number of aromatic nitrogens is 1. The molecule has 1 aromatic heterocycles. The maximum Gasteiger partial charge on any atom is 0.0820 e. The van der Waals surface area contributed by atoms with Crippen molar-refractivity contribution in [2.75, 3.05) is 0 Å². The molecule has 0 atom stereocenters. The predicted octanol–water partition coefficient (Wildman–Crippen LogP) is 8.87. The van der Waals surface area contributed by atoms with E-state index in [4.69, 9.17) is 9.98 Å². The maximum absolute atomic E-state index is 4.97. The van der Waals surface area contributed by atoms with Gasteiger partial charge < -0.3 is 0 Å². The van der Waals surface area contributed by atoms with Crippen LogP contribution in [0.2, 0.25) is 0 Å². The SMILES string of the molecule is C=CCCCc1cc(-c2cccc(/C=N/c3c(C(C)C)cccc3C(C)C)n2)c(C)cc1C. The third-order valence-corrected chi connectivity index (χ3v) is 6.25. The minimum Gasteiger partial charge on any atom is -0.254 e. The highest BCUT2D eigenvalue weighted by Gasteiger charge is 2.13. The van der Waals surface area contributed by atoms with Crippen molar-refractivity contribution in [3.05, 3.63) is 94.7 Å². The zero-order valence-electron chi connectivity index (χ0n) is 21.2. The van der Waals surface area contributed by atoms with Gasteiger partial charge in [-0.3, -0.25) is 4.99 Å². The first-order valence-corrected chi connectivity index (χ1v) is 12.2. The molecule has 0 bridgehead atoms. The Balaban J connectivity index is 1.97. The first-order valence-electron chi connectivity index (χ1n) is 12.2. The van der Waals surface area contributed by atoms with Crippen LogP contribution in [0.3, 0.4) is 0 Å². The standard InChI is InChI=1S/C31H38N2/c1-8-9-10-13-25-19-29(24(7)18-23(25)6)30-17-11-14-26(33-30)20-32-31-27(21(2)3)15-12-16-28(31)22(4)5/h8,11-12,14-22H,1,9-10,13H2,2-7H3/b32-20+. The Morgan fingerprint density at radius 2 is 1.58 bits per heavy atom. The van der Waals surface area contributed by atoms with Gasteiger partial charge in [-0.1, -0.05) is 64.1 Å². The van der Waals surface area contributed by atoms with Crippen LogP contribution in [0, 0.1) is 13.8 Å². The number of para-hydroxylation sites is 1. The predicted molar refractivity (Wildman–Crippen MR) is 144 cm³/mol. The first kappa shape index (κ1) is 24.6. The highest BCUT2D eigenvalue weighted by Crippen LogP contribution is 2.34. The van der Waals surface area contributed by atoms with E-state index in [1.54, 1.807) is 0 Å². The number of nitrogens with zero attached hydrogens (tertiary/aromatic N) is 2. The molecule has 3 rings (SSSR count). The monoisotopic (exact) mass is 438 g/mol. The fourth-order valence-electron chi connectivity index (χ4n) is 4.34. The Kier molecular flexibility index (Phi) is 8.38. The van der Waals surface area contributed by atoms with Crippen molar-refractivity contribution in [3.8, 4) is 11.3 Å². The van der Waals surface area contributed by atoms with Crippen LogP contribution in [-0.4, -0.2) is 11.2 Å². The van der Waals surface area contributed by atoms with Crippen LogP contribution in [0.25, 0.3) is 11.3 Å². The average Bonchev–Trinajstić information content (AvgIpc) is 2.79. The van der Waals surface area contributed by atoms with E-state index in [0.29, 0.717) is 11.8 Å². The van der Waals surface area contributed by atoms with Gasteiger partial charge in [-0.15, -0.1) is 6.58 Å². The molecule has 0 aliphatic carbocycles.